The van der Waals surface area contributed by atoms with Gasteiger partial charge in [-0.15, -0.1) is 0 Å². The Kier molecular flexibility index (Phi) is 13.6. The smallest absolute Gasteiger partial charge is 0.435 e. The zero-order valence-electron chi connectivity index (χ0n) is 34.6. The van der Waals surface area contributed by atoms with Crippen molar-refractivity contribution in [3.05, 3.63) is 47.6 Å². The first kappa shape index (κ1) is 43.0. The Labute approximate surface area is 308 Å². The molecule has 0 bridgehead atoms. The second-order valence-corrected chi connectivity index (χ2v) is 29.0. The molecule has 286 valence electrons. The van der Waals surface area contributed by atoms with Crippen molar-refractivity contribution in [2.75, 3.05) is 6.61 Å². The molecule has 3 fully saturated rings. The zero-order chi connectivity index (χ0) is 38.1. The zero-order valence-corrected chi connectivity index (χ0v) is 36.6. The Hall–Kier alpha value is -1.46. The number of allylic oxidation sites excluding steroid dienone is 4. The van der Waals surface area contributed by atoms with Gasteiger partial charge in [0.15, 0.2) is 16.6 Å². The van der Waals surface area contributed by atoms with Crippen molar-refractivity contribution in [2.24, 2.45) is 23.2 Å². The van der Waals surface area contributed by atoms with E-state index in [9.17, 15) is 9.90 Å². The number of rotatable bonds is 11. The molecule has 0 saturated heterocycles. The van der Waals surface area contributed by atoms with Gasteiger partial charge in [-0.3, -0.25) is 0 Å². The minimum absolute atomic E-state index is 0.0211. The molecule has 0 aliphatic heterocycles. The van der Waals surface area contributed by atoms with Crippen LogP contribution in [0.2, 0.25) is 36.3 Å². The van der Waals surface area contributed by atoms with Crippen molar-refractivity contribution in [1.29, 1.82) is 0 Å². The van der Waals surface area contributed by atoms with Crippen LogP contribution in [0.15, 0.2) is 47.6 Å². The summed E-state index contributed by atoms with van der Waals surface area (Å²) in [4.78, 5) is 11.9. The molecule has 1 N–H and O–H groups in total. The van der Waals surface area contributed by atoms with Crippen LogP contribution >= 0.6 is 0 Å². The summed E-state index contributed by atoms with van der Waals surface area (Å²) < 4.78 is 24.5. The number of hydrogen-bond donors (Lipinski definition) is 1. The van der Waals surface area contributed by atoms with Gasteiger partial charge in [0, 0.05) is 6.42 Å². The summed E-state index contributed by atoms with van der Waals surface area (Å²) in [7, 11) is -3.99. The average molecular weight is 731 g/mol. The molecule has 0 heterocycles. The third-order valence-electron chi connectivity index (χ3n) is 13.3. The van der Waals surface area contributed by atoms with Crippen LogP contribution < -0.4 is 0 Å². The molecule has 50 heavy (non-hydrogen) atoms. The molecular formula is C42H74O6Si2. The quantitative estimate of drug-likeness (QED) is 0.130. The van der Waals surface area contributed by atoms with Crippen molar-refractivity contribution < 1.29 is 28.2 Å². The lowest BCUT2D eigenvalue weighted by atomic mass is 9.61. The van der Waals surface area contributed by atoms with Gasteiger partial charge in [0.2, 0.25) is 0 Å². The maximum atomic E-state index is 11.9. The topological polar surface area (TPSA) is 74.2 Å². The van der Waals surface area contributed by atoms with E-state index < -0.39 is 34.5 Å². The molecule has 0 aromatic rings. The predicted molar refractivity (Wildman–Crippen MR) is 213 cm³/mol. The van der Waals surface area contributed by atoms with Gasteiger partial charge >= 0.3 is 6.16 Å². The molecule has 0 aromatic carbocycles. The van der Waals surface area contributed by atoms with Crippen molar-refractivity contribution in [1.82, 2.24) is 0 Å². The van der Waals surface area contributed by atoms with Crippen LogP contribution in [0.5, 0.6) is 0 Å². The van der Waals surface area contributed by atoms with E-state index in [-0.39, 0.29) is 40.2 Å². The second-order valence-electron chi connectivity index (χ2n) is 19.4. The molecule has 0 amide bonds. The third-order valence-corrected chi connectivity index (χ3v) is 22.3. The predicted octanol–water partition coefficient (Wildman–Crippen LogP) is 11.7. The molecule has 7 atom stereocenters. The third kappa shape index (κ3) is 9.94. The molecule has 0 radical (unpaired) electrons. The van der Waals surface area contributed by atoms with E-state index in [0.29, 0.717) is 11.8 Å². The average Bonchev–Trinajstić information content (AvgIpc) is 3.32. The first-order valence-corrected chi connectivity index (χ1v) is 25.2. The molecular weight excluding hydrogens is 657 g/mol. The van der Waals surface area contributed by atoms with Gasteiger partial charge in [-0.05, 0) is 130 Å². The van der Waals surface area contributed by atoms with E-state index in [1.54, 1.807) is 26.3 Å². The first-order chi connectivity index (χ1) is 22.8. The van der Waals surface area contributed by atoms with E-state index >= 15 is 0 Å². The lowest BCUT2D eigenvalue weighted by molar-refractivity contribution is -0.0658. The highest BCUT2D eigenvalue weighted by molar-refractivity contribution is 6.74. The van der Waals surface area contributed by atoms with Crippen LogP contribution in [0.4, 0.5) is 4.79 Å². The van der Waals surface area contributed by atoms with Crippen LogP contribution in [-0.4, -0.2) is 58.4 Å². The molecule has 6 nitrogen and oxygen atoms in total. The van der Waals surface area contributed by atoms with Crippen molar-refractivity contribution in [2.45, 2.75) is 181 Å². The van der Waals surface area contributed by atoms with Gasteiger partial charge in [0.05, 0.1) is 18.8 Å². The fraction of sp³-hybridized carbons (Fsp3) is 0.786. The molecule has 0 spiro atoms. The highest BCUT2D eigenvalue weighted by Crippen LogP contribution is 2.59. The Morgan fingerprint density at radius 3 is 2.16 bits per heavy atom. The van der Waals surface area contributed by atoms with E-state index in [1.165, 1.54) is 24.8 Å². The van der Waals surface area contributed by atoms with Crippen LogP contribution in [0.1, 0.15) is 121 Å². The molecule has 3 aliphatic rings. The molecule has 3 aliphatic carbocycles. The Balaban J connectivity index is 1.85. The number of carbonyl (C=O) groups is 1. The largest absolute Gasteiger partial charge is 0.508 e. The summed E-state index contributed by atoms with van der Waals surface area (Å²) in [6.45, 7) is 38.2. The minimum atomic E-state index is -2.02. The summed E-state index contributed by atoms with van der Waals surface area (Å²) in [6.07, 6.45) is 14.8. The fourth-order valence-electron chi connectivity index (χ4n) is 7.98. The number of aliphatic hydroxyl groups excluding tert-OH is 1. The summed E-state index contributed by atoms with van der Waals surface area (Å²) in [6, 6.07) is 0. The van der Waals surface area contributed by atoms with Crippen molar-refractivity contribution in [3.8, 4) is 0 Å². The van der Waals surface area contributed by atoms with Gasteiger partial charge in [0.25, 0.3) is 0 Å². The Bertz CT molecular complexity index is 1300. The van der Waals surface area contributed by atoms with Gasteiger partial charge < -0.3 is 23.4 Å². The van der Waals surface area contributed by atoms with E-state index in [0.717, 1.165) is 31.3 Å². The monoisotopic (exact) mass is 731 g/mol. The summed E-state index contributed by atoms with van der Waals surface area (Å²) in [5, 5.41) is 11.2. The standard InChI is InChI=1S/C42H74O6Si2/c1-17-45-38(44)46-41(10,11)37(43)25-20-29(2)34-23-24-35-31(19-18-26-42(34,35)12)21-22-32-27-33(47-49(13,14)39(4,5)6)28-36(30(32)3)48-50(15,16)40(7,8)9/h20-22,25,29,33-37,43H,3,17-19,23-24,26-28H2,1-2,4-16H3/b25-20+,31-21+,32-22-/t29-,33-,34-,35+,36+,37+,42-/m1/s1. The van der Waals surface area contributed by atoms with Crippen molar-refractivity contribution in [3.63, 3.8) is 0 Å². The number of hydrogen-bond acceptors (Lipinski definition) is 6. The molecule has 0 unspecified atom stereocenters. The summed E-state index contributed by atoms with van der Waals surface area (Å²) in [5.41, 5.74) is 3.11. The highest BCUT2D eigenvalue weighted by Gasteiger charge is 2.50. The summed E-state index contributed by atoms with van der Waals surface area (Å²) in [5.74, 6) is 1.34. The molecule has 0 aromatic heterocycles. The van der Waals surface area contributed by atoms with E-state index in [1.807, 2.05) is 6.08 Å². The molecule has 3 saturated carbocycles. The number of aliphatic hydroxyl groups is 1. The first-order valence-electron chi connectivity index (χ1n) is 19.4. The lowest BCUT2D eigenvalue weighted by Crippen LogP contribution is -2.49. The normalized spacial score (nSPS) is 30.1. The van der Waals surface area contributed by atoms with Gasteiger partial charge in [-0.25, -0.2) is 4.79 Å². The van der Waals surface area contributed by atoms with Crippen LogP contribution in [0, 0.1) is 23.2 Å². The van der Waals surface area contributed by atoms with Crippen molar-refractivity contribution >= 4 is 22.8 Å². The van der Waals surface area contributed by atoms with Crippen LogP contribution in [-0.2, 0) is 18.3 Å². The second kappa shape index (κ2) is 15.9. The SMILES string of the molecule is C=C1/C(=C\C=C2/CCC[C@]3(C)[C@@H]([C@H](C)/C=C/[C@H](O)C(C)(C)OC(=O)OCC)CC[C@@H]23)C[C@@H](O[Si](C)(C)C(C)(C)C)C[C@@H]1O[Si](C)(C)C(C)(C)C. The Morgan fingerprint density at radius 2 is 1.58 bits per heavy atom. The molecule has 3 rings (SSSR count). The number of ether oxygens (including phenoxy) is 2. The number of fused-ring (bicyclic) bond motifs is 1. The Morgan fingerprint density at radius 1 is 0.980 bits per heavy atom. The van der Waals surface area contributed by atoms with Crippen LogP contribution in [0.3, 0.4) is 0 Å². The van der Waals surface area contributed by atoms with E-state index in [4.69, 9.17) is 18.3 Å². The highest BCUT2D eigenvalue weighted by atomic mass is 28.4. The maximum absolute atomic E-state index is 11.9. The lowest BCUT2D eigenvalue weighted by Gasteiger charge is -2.45. The van der Waals surface area contributed by atoms with Gasteiger partial charge in [0.1, 0.15) is 11.7 Å². The van der Waals surface area contributed by atoms with Crippen LogP contribution in [0.25, 0.3) is 0 Å². The van der Waals surface area contributed by atoms with Gasteiger partial charge in [-0.1, -0.05) is 91.8 Å². The maximum Gasteiger partial charge on any atom is 0.508 e. The number of carbonyl (C=O) groups excluding carboxylic acids is 1. The minimum Gasteiger partial charge on any atom is -0.435 e. The molecule has 8 heteroatoms. The van der Waals surface area contributed by atoms with Gasteiger partial charge in [-0.2, -0.15) is 0 Å². The van der Waals surface area contributed by atoms with E-state index in [2.05, 4.69) is 106 Å². The fourth-order valence-corrected chi connectivity index (χ4v) is 10.6. The summed E-state index contributed by atoms with van der Waals surface area (Å²) >= 11 is 0.